The molecule has 108 valence electrons. The molecule has 0 spiro atoms. The normalized spacial score (nSPS) is 10.2. The van der Waals surface area contributed by atoms with Gasteiger partial charge in [-0.2, -0.15) is 4.98 Å². The molecule has 21 heavy (non-hydrogen) atoms. The van der Waals surface area contributed by atoms with Gasteiger partial charge in [0.25, 0.3) is 0 Å². The van der Waals surface area contributed by atoms with E-state index in [0.29, 0.717) is 11.8 Å². The highest BCUT2D eigenvalue weighted by Crippen LogP contribution is 2.30. The Balaban J connectivity index is 2.43. The van der Waals surface area contributed by atoms with Crippen molar-refractivity contribution in [1.82, 2.24) is 9.97 Å². The van der Waals surface area contributed by atoms with Gasteiger partial charge in [0, 0.05) is 5.69 Å². The van der Waals surface area contributed by atoms with E-state index in [0.717, 1.165) is 12.1 Å². The molecule has 2 aromatic rings. The number of rotatable bonds is 4. The second-order valence-corrected chi connectivity index (χ2v) is 3.95. The van der Waals surface area contributed by atoms with Gasteiger partial charge in [0.05, 0.1) is 11.0 Å². The predicted molar refractivity (Wildman–Crippen MR) is 66.9 cm³/mol. The average Bonchev–Trinajstić information content (AvgIpc) is 2.40. The van der Waals surface area contributed by atoms with Crippen LogP contribution in [-0.4, -0.2) is 26.0 Å². The zero-order chi connectivity index (χ0) is 15.6. The zero-order valence-electron chi connectivity index (χ0n) is 10.6. The van der Waals surface area contributed by atoms with Crippen molar-refractivity contribution < 1.29 is 24.0 Å². The summed E-state index contributed by atoms with van der Waals surface area (Å²) in [6.45, 7) is 1.51. The van der Waals surface area contributed by atoms with E-state index in [1.807, 2.05) is 0 Å². The number of hydrogen-bond acceptors (Lipinski definition) is 6. The molecule has 1 N–H and O–H groups in total. The first-order valence-electron chi connectivity index (χ1n) is 5.57. The maximum atomic E-state index is 13.0. The average molecular weight is 293 g/mol. The first-order chi connectivity index (χ1) is 9.86. The van der Waals surface area contributed by atoms with E-state index in [4.69, 9.17) is 9.84 Å². The molecule has 1 aromatic heterocycles. The number of benzene rings is 1. The second kappa shape index (κ2) is 5.49. The van der Waals surface area contributed by atoms with Crippen LogP contribution in [0.3, 0.4) is 0 Å². The number of aromatic nitrogens is 2. The minimum Gasteiger partial charge on any atom is -0.477 e. The first-order valence-corrected chi connectivity index (χ1v) is 5.57. The third kappa shape index (κ3) is 3.26. The van der Waals surface area contributed by atoms with Crippen molar-refractivity contribution in [1.29, 1.82) is 0 Å². The fourth-order valence-electron chi connectivity index (χ4n) is 1.51. The number of aryl methyl sites for hydroxylation is 1. The van der Waals surface area contributed by atoms with Crippen molar-refractivity contribution in [2.75, 3.05) is 0 Å². The summed E-state index contributed by atoms with van der Waals surface area (Å²) in [5, 5.41) is 19.7. The van der Waals surface area contributed by atoms with Crippen LogP contribution in [0.1, 0.15) is 16.2 Å². The van der Waals surface area contributed by atoms with E-state index in [2.05, 4.69) is 9.97 Å². The SMILES string of the molecule is Cc1cc(C(=O)O)nc(Oc2ccc(F)cc2[N+](=O)[O-])n1. The minimum atomic E-state index is -1.29. The van der Waals surface area contributed by atoms with Gasteiger partial charge in [0.15, 0.2) is 5.69 Å². The number of nitro groups is 1. The molecule has 8 nitrogen and oxygen atoms in total. The highest BCUT2D eigenvalue weighted by molar-refractivity contribution is 5.85. The van der Waals surface area contributed by atoms with Crippen LogP contribution in [0.2, 0.25) is 0 Å². The van der Waals surface area contributed by atoms with Crippen molar-refractivity contribution in [3.63, 3.8) is 0 Å². The summed E-state index contributed by atoms with van der Waals surface area (Å²) in [6, 6.07) is 3.54. The van der Waals surface area contributed by atoms with Gasteiger partial charge in [-0.3, -0.25) is 10.1 Å². The Bertz CT molecular complexity index is 735. The molecule has 2 rings (SSSR count). The largest absolute Gasteiger partial charge is 0.477 e. The van der Waals surface area contributed by atoms with Crippen molar-refractivity contribution in [3.8, 4) is 11.8 Å². The van der Waals surface area contributed by atoms with Gasteiger partial charge in [0.2, 0.25) is 5.75 Å². The van der Waals surface area contributed by atoms with Crippen LogP contribution in [0.4, 0.5) is 10.1 Å². The molecule has 0 saturated heterocycles. The van der Waals surface area contributed by atoms with E-state index in [1.165, 1.54) is 13.0 Å². The van der Waals surface area contributed by atoms with E-state index in [-0.39, 0.29) is 17.5 Å². The van der Waals surface area contributed by atoms with Crippen molar-refractivity contribution in [3.05, 3.63) is 51.6 Å². The lowest BCUT2D eigenvalue weighted by molar-refractivity contribution is -0.385. The van der Waals surface area contributed by atoms with E-state index in [9.17, 15) is 19.3 Å². The highest BCUT2D eigenvalue weighted by atomic mass is 19.1. The second-order valence-electron chi connectivity index (χ2n) is 3.95. The minimum absolute atomic E-state index is 0.289. The Kier molecular flexibility index (Phi) is 3.74. The molecule has 0 aliphatic carbocycles. The van der Waals surface area contributed by atoms with Crippen LogP contribution < -0.4 is 4.74 Å². The lowest BCUT2D eigenvalue weighted by Crippen LogP contribution is -2.05. The number of nitrogens with zero attached hydrogens (tertiary/aromatic N) is 3. The van der Waals surface area contributed by atoms with Gasteiger partial charge in [0.1, 0.15) is 5.82 Å². The molecule has 0 unspecified atom stereocenters. The number of carbonyl (C=O) groups is 1. The van der Waals surface area contributed by atoms with E-state index < -0.39 is 22.4 Å². The monoisotopic (exact) mass is 293 g/mol. The summed E-state index contributed by atoms with van der Waals surface area (Å²) < 4.78 is 18.1. The van der Waals surface area contributed by atoms with E-state index in [1.54, 1.807) is 0 Å². The summed E-state index contributed by atoms with van der Waals surface area (Å²) >= 11 is 0. The first kappa shape index (κ1) is 14.3. The quantitative estimate of drug-likeness (QED) is 0.679. The van der Waals surface area contributed by atoms with Gasteiger partial charge >= 0.3 is 17.7 Å². The topological polar surface area (TPSA) is 115 Å². The standard InChI is InChI=1S/C12H8FN3O5/c1-6-4-8(11(17)18)15-12(14-6)21-10-3-2-7(13)5-9(10)16(19)20/h2-5H,1H3,(H,17,18). The molecule has 0 fully saturated rings. The van der Waals surface area contributed by atoms with Gasteiger partial charge in [-0.1, -0.05) is 0 Å². The summed E-state index contributed by atoms with van der Waals surface area (Å²) in [5.41, 5.74) is -0.624. The number of halogens is 1. The van der Waals surface area contributed by atoms with Crippen molar-refractivity contribution in [2.45, 2.75) is 6.92 Å². The predicted octanol–water partition coefficient (Wildman–Crippen LogP) is 2.32. The lowest BCUT2D eigenvalue weighted by atomic mass is 10.3. The van der Waals surface area contributed by atoms with E-state index >= 15 is 0 Å². The molecule has 1 heterocycles. The fourth-order valence-corrected chi connectivity index (χ4v) is 1.51. The summed E-state index contributed by atoms with van der Waals surface area (Å²) in [7, 11) is 0. The number of nitro benzene ring substituents is 1. The fraction of sp³-hybridized carbons (Fsp3) is 0.0833. The summed E-state index contributed by atoms with van der Waals surface area (Å²) in [4.78, 5) is 28.3. The van der Waals surface area contributed by atoms with Crippen molar-refractivity contribution in [2.24, 2.45) is 0 Å². The molecule has 9 heteroatoms. The van der Waals surface area contributed by atoms with Gasteiger partial charge in [-0.25, -0.2) is 14.2 Å². The Hall–Kier alpha value is -3.10. The third-order valence-corrected chi connectivity index (χ3v) is 2.37. The van der Waals surface area contributed by atoms with Crippen LogP contribution in [0.15, 0.2) is 24.3 Å². The summed E-state index contributed by atoms with van der Waals surface area (Å²) in [6.07, 6.45) is 0. The van der Waals surface area contributed by atoms with Crippen LogP contribution in [0, 0.1) is 22.9 Å². The number of carboxylic acids is 1. The molecular formula is C12H8FN3O5. The number of hydrogen-bond donors (Lipinski definition) is 1. The molecule has 0 radical (unpaired) electrons. The Morgan fingerprint density at radius 2 is 2.10 bits per heavy atom. The molecule has 0 bridgehead atoms. The summed E-state index contributed by atoms with van der Waals surface area (Å²) in [5.74, 6) is -2.38. The lowest BCUT2D eigenvalue weighted by Gasteiger charge is -2.06. The highest BCUT2D eigenvalue weighted by Gasteiger charge is 2.19. The molecule has 0 saturated carbocycles. The number of carboxylic acid groups (broad SMARTS) is 1. The molecule has 1 aromatic carbocycles. The molecule has 0 aliphatic rings. The zero-order valence-corrected chi connectivity index (χ0v) is 10.6. The maximum absolute atomic E-state index is 13.0. The Labute approximate surface area is 117 Å². The van der Waals surface area contributed by atoms with Crippen LogP contribution in [-0.2, 0) is 0 Å². The smallest absolute Gasteiger partial charge is 0.354 e. The Morgan fingerprint density at radius 1 is 1.38 bits per heavy atom. The Morgan fingerprint density at radius 3 is 2.71 bits per heavy atom. The van der Waals surface area contributed by atoms with Crippen LogP contribution in [0.5, 0.6) is 11.8 Å². The van der Waals surface area contributed by atoms with Crippen LogP contribution in [0.25, 0.3) is 0 Å². The molecule has 0 amide bonds. The number of ether oxygens (including phenoxy) is 1. The van der Waals surface area contributed by atoms with Gasteiger partial charge in [-0.05, 0) is 25.1 Å². The van der Waals surface area contributed by atoms with Crippen LogP contribution >= 0.6 is 0 Å². The molecule has 0 atom stereocenters. The van der Waals surface area contributed by atoms with Crippen molar-refractivity contribution >= 4 is 11.7 Å². The third-order valence-electron chi connectivity index (χ3n) is 2.37. The molecular weight excluding hydrogens is 285 g/mol. The number of aromatic carboxylic acids is 1. The van der Waals surface area contributed by atoms with Gasteiger partial charge < -0.3 is 9.84 Å². The molecule has 0 aliphatic heterocycles. The maximum Gasteiger partial charge on any atom is 0.354 e. The van der Waals surface area contributed by atoms with Gasteiger partial charge in [-0.15, -0.1) is 0 Å².